The van der Waals surface area contributed by atoms with Gasteiger partial charge in [0.05, 0.1) is 25.7 Å². The Kier molecular flexibility index (Phi) is 4.82. The zero-order chi connectivity index (χ0) is 19.7. The van der Waals surface area contributed by atoms with Crippen LogP contribution in [0, 0.1) is 18.3 Å². The minimum atomic E-state index is -0.649. The van der Waals surface area contributed by atoms with Crippen molar-refractivity contribution in [1.82, 2.24) is 4.57 Å². The number of nitrogens with zero attached hydrogens (tertiary/aromatic N) is 2. The van der Waals surface area contributed by atoms with Gasteiger partial charge in [0.2, 0.25) is 5.88 Å². The summed E-state index contributed by atoms with van der Waals surface area (Å²) in [7, 11) is 3.07. The van der Waals surface area contributed by atoms with Gasteiger partial charge in [0.15, 0.2) is 11.5 Å². The van der Waals surface area contributed by atoms with Crippen LogP contribution in [0.4, 0.5) is 0 Å². The first kappa shape index (κ1) is 18.4. The van der Waals surface area contributed by atoms with Gasteiger partial charge in [-0.3, -0.25) is 4.79 Å². The van der Waals surface area contributed by atoms with Crippen molar-refractivity contribution in [2.45, 2.75) is 26.3 Å². The minimum Gasteiger partial charge on any atom is -0.493 e. The Balaban J connectivity index is 2.32. The number of rotatable bonds is 4. The van der Waals surface area contributed by atoms with Crippen LogP contribution in [-0.2, 0) is 6.54 Å². The highest BCUT2D eigenvalue weighted by Gasteiger charge is 2.34. The van der Waals surface area contributed by atoms with E-state index in [2.05, 4.69) is 6.07 Å². The summed E-state index contributed by atoms with van der Waals surface area (Å²) in [5.74, 6) is 0.779. The van der Waals surface area contributed by atoms with Crippen molar-refractivity contribution in [3.8, 4) is 23.3 Å². The number of aromatic nitrogens is 1. The minimum absolute atomic E-state index is 0.00201. The molecule has 2 heterocycles. The molecular weight excluding hydrogens is 346 g/mol. The molecule has 7 nitrogen and oxygen atoms in total. The van der Waals surface area contributed by atoms with E-state index in [4.69, 9.17) is 19.9 Å². The number of ether oxygens (including phenoxy) is 3. The largest absolute Gasteiger partial charge is 0.493 e. The Hall–Kier alpha value is -3.40. The van der Waals surface area contributed by atoms with Crippen LogP contribution in [-0.4, -0.2) is 18.8 Å². The summed E-state index contributed by atoms with van der Waals surface area (Å²) in [6.45, 7) is 4.24. The molecule has 1 aliphatic heterocycles. The van der Waals surface area contributed by atoms with Crippen LogP contribution in [0.15, 0.2) is 40.5 Å². The summed E-state index contributed by atoms with van der Waals surface area (Å²) in [4.78, 5) is 13.1. The molecule has 140 valence electrons. The van der Waals surface area contributed by atoms with Gasteiger partial charge in [0.1, 0.15) is 17.4 Å². The molecule has 0 saturated heterocycles. The third kappa shape index (κ3) is 2.89. The number of aryl methyl sites for hydroxylation is 1. The van der Waals surface area contributed by atoms with E-state index in [1.54, 1.807) is 35.9 Å². The lowest BCUT2D eigenvalue weighted by Gasteiger charge is -2.27. The highest BCUT2D eigenvalue weighted by Crippen LogP contribution is 2.42. The van der Waals surface area contributed by atoms with Crippen LogP contribution in [0.5, 0.6) is 17.2 Å². The quantitative estimate of drug-likeness (QED) is 0.891. The first-order valence-corrected chi connectivity index (χ1v) is 8.50. The van der Waals surface area contributed by atoms with E-state index in [0.717, 1.165) is 5.69 Å². The number of nitrogens with two attached hydrogens (primary N) is 1. The summed E-state index contributed by atoms with van der Waals surface area (Å²) >= 11 is 0. The summed E-state index contributed by atoms with van der Waals surface area (Å²) in [5.41, 5.74) is 7.84. The number of methoxy groups -OCH3 is 2. The SMILES string of the molecule is CCn1c(C)cc2c(c1=O)[C@H](c1ccc(OC)c(OC)c1)C(C#N)=C(N)O2. The van der Waals surface area contributed by atoms with E-state index in [1.165, 1.54) is 7.11 Å². The number of pyridine rings is 1. The second-order valence-electron chi connectivity index (χ2n) is 6.15. The fraction of sp³-hybridized carbons (Fsp3) is 0.300. The summed E-state index contributed by atoms with van der Waals surface area (Å²) in [5, 5.41) is 9.69. The van der Waals surface area contributed by atoms with E-state index in [1.807, 2.05) is 13.8 Å². The predicted octanol–water partition coefficient (Wildman–Crippen LogP) is 2.41. The number of fused-ring (bicyclic) bond motifs is 1. The normalized spacial score (nSPS) is 15.6. The van der Waals surface area contributed by atoms with Crippen molar-refractivity contribution >= 4 is 0 Å². The molecule has 1 aromatic heterocycles. The molecule has 1 aromatic carbocycles. The molecular formula is C20H21N3O4. The Bertz CT molecular complexity index is 1030. The molecule has 0 saturated carbocycles. The number of hydrogen-bond acceptors (Lipinski definition) is 6. The molecule has 3 rings (SSSR count). The van der Waals surface area contributed by atoms with Gasteiger partial charge in [0.25, 0.3) is 5.56 Å². The van der Waals surface area contributed by atoms with E-state index in [0.29, 0.717) is 34.9 Å². The van der Waals surface area contributed by atoms with Gasteiger partial charge >= 0.3 is 0 Å². The number of benzene rings is 1. The molecule has 0 amide bonds. The Morgan fingerprint density at radius 2 is 1.96 bits per heavy atom. The zero-order valence-corrected chi connectivity index (χ0v) is 15.7. The molecule has 0 spiro atoms. The van der Waals surface area contributed by atoms with Gasteiger partial charge < -0.3 is 24.5 Å². The molecule has 2 aromatic rings. The van der Waals surface area contributed by atoms with Crippen molar-refractivity contribution in [3.63, 3.8) is 0 Å². The van der Waals surface area contributed by atoms with Crippen molar-refractivity contribution < 1.29 is 14.2 Å². The summed E-state index contributed by atoms with van der Waals surface area (Å²) in [6, 6.07) is 9.15. The van der Waals surface area contributed by atoms with Crippen molar-refractivity contribution in [2.75, 3.05) is 14.2 Å². The van der Waals surface area contributed by atoms with Gasteiger partial charge in [-0.05, 0) is 31.5 Å². The topological polar surface area (TPSA) is 99.5 Å². The van der Waals surface area contributed by atoms with Gasteiger partial charge in [-0.1, -0.05) is 6.07 Å². The van der Waals surface area contributed by atoms with Crippen LogP contribution in [0.3, 0.4) is 0 Å². The Morgan fingerprint density at radius 1 is 1.26 bits per heavy atom. The lowest BCUT2D eigenvalue weighted by Crippen LogP contribution is -2.32. The number of nitriles is 1. The summed E-state index contributed by atoms with van der Waals surface area (Å²) < 4.78 is 17.9. The molecule has 0 radical (unpaired) electrons. The first-order valence-electron chi connectivity index (χ1n) is 8.50. The highest BCUT2D eigenvalue weighted by atomic mass is 16.5. The Morgan fingerprint density at radius 3 is 2.56 bits per heavy atom. The maximum Gasteiger partial charge on any atom is 0.258 e. The molecule has 0 bridgehead atoms. The first-order chi connectivity index (χ1) is 13.0. The Labute approximate surface area is 157 Å². The highest BCUT2D eigenvalue weighted by molar-refractivity contribution is 5.57. The van der Waals surface area contributed by atoms with Crippen molar-refractivity contribution in [3.05, 3.63) is 62.9 Å². The second kappa shape index (κ2) is 7.08. The summed E-state index contributed by atoms with van der Waals surface area (Å²) in [6.07, 6.45) is 0. The molecule has 7 heteroatoms. The van der Waals surface area contributed by atoms with Gasteiger partial charge in [-0.2, -0.15) is 5.26 Å². The third-order valence-electron chi connectivity index (χ3n) is 4.75. The number of allylic oxidation sites excluding steroid dienone is 1. The van der Waals surface area contributed by atoms with Crippen LogP contribution in [0.1, 0.15) is 29.7 Å². The van der Waals surface area contributed by atoms with E-state index in [-0.39, 0.29) is 17.0 Å². The van der Waals surface area contributed by atoms with Crippen LogP contribution in [0.2, 0.25) is 0 Å². The second-order valence-corrected chi connectivity index (χ2v) is 6.15. The lowest BCUT2D eigenvalue weighted by atomic mass is 9.84. The van der Waals surface area contributed by atoms with Gasteiger partial charge in [-0.25, -0.2) is 0 Å². The lowest BCUT2D eigenvalue weighted by molar-refractivity contribution is 0.354. The maximum atomic E-state index is 13.1. The third-order valence-corrected chi connectivity index (χ3v) is 4.75. The maximum absolute atomic E-state index is 13.1. The van der Waals surface area contributed by atoms with E-state index < -0.39 is 5.92 Å². The monoisotopic (exact) mass is 367 g/mol. The average molecular weight is 367 g/mol. The fourth-order valence-electron chi connectivity index (χ4n) is 3.44. The molecule has 0 aliphatic carbocycles. The van der Waals surface area contributed by atoms with Gasteiger partial charge in [0, 0.05) is 18.3 Å². The molecule has 0 fully saturated rings. The number of hydrogen-bond donors (Lipinski definition) is 1. The molecule has 0 unspecified atom stereocenters. The van der Waals surface area contributed by atoms with Crippen LogP contribution >= 0.6 is 0 Å². The average Bonchev–Trinajstić information content (AvgIpc) is 2.66. The van der Waals surface area contributed by atoms with Crippen LogP contribution in [0.25, 0.3) is 0 Å². The van der Waals surface area contributed by atoms with Crippen molar-refractivity contribution in [1.29, 1.82) is 5.26 Å². The molecule has 2 N–H and O–H groups in total. The molecule has 27 heavy (non-hydrogen) atoms. The van der Waals surface area contributed by atoms with Gasteiger partial charge in [-0.15, -0.1) is 0 Å². The van der Waals surface area contributed by atoms with E-state index in [9.17, 15) is 10.1 Å². The zero-order valence-electron chi connectivity index (χ0n) is 15.7. The molecule has 1 aliphatic rings. The molecule has 1 atom stereocenters. The standard InChI is InChI=1S/C20H21N3O4/c1-5-23-11(2)8-16-18(20(23)24)17(13(10-21)19(22)27-16)12-6-7-14(25-3)15(9-12)26-4/h6-9,17H,5,22H2,1-4H3/t17-/m1/s1. The fourth-order valence-corrected chi connectivity index (χ4v) is 3.44. The van der Waals surface area contributed by atoms with Crippen molar-refractivity contribution in [2.24, 2.45) is 5.73 Å². The van der Waals surface area contributed by atoms with E-state index >= 15 is 0 Å². The van der Waals surface area contributed by atoms with Crippen LogP contribution < -0.4 is 25.5 Å². The smallest absolute Gasteiger partial charge is 0.258 e. The predicted molar refractivity (Wildman–Crippen MR) is 100.0 cm³/mol.